The SMILES string of the molecule is CC(C)CCC[C@@H](C)CCC[C@@H](C)CCCC(C)CCOC[C@H](CO)OCCC(C)CCC[C@H](C)CCC[C@H](C)CCCC(C)C. The lowest BCUT2D eigenvalue weighted by Gasteiger charge is -2.19. The zero-order valence-corrected chi connectivity index (χ0v) is 33.4. The van der Waals surface area contributed by atoms with Crippen LogP contribution in [0.1, 0.15) is 198 Å². The molecule has 0 bridgehead atoms. The van der Waals surface area contributed by atoms with Gasteiger partial charge in [0.1, 0.15) is 6.10 Å². The molecule has 46 heavy (non-hydrogen) atoms. The number of rotatable bonds is 34. The molecule has 0 rings (SSSR count). The molecule has 0 saturated carbocycles. The summed E-state index contributed by atoms with van der Waals surface area (Å²) in [5.74, 6) is 6.57. The van der Waals surface area contributed by atoms with Crippen molar-refractivity contribution >= 4 is 0 Å². The van der Waals surface area contributed by atoms with Crippen LogP contribution >= 0.6 is 0 Å². The Bertz CT molecular complexity index is 619. The van der Waals surface area contributed by atoms with Crippen molar-refractivity contribution in [3.8, 4) is 0 Å². The van der Waals surface area contributed by atoms with Crippen LogP contribution in [-0.4, -0.2) is 37.6 Å². The second kappa shape index (κ2) is 30.9. The van der Waals surface area contributed by atoms with Crippen LogP contribution in [0, 0.1) is 47.3 Å². The van der Waals surface area contributed by atoms with Gasteiger partial charge >= 0.3 is 0 Å². The maximum Gasteiger partial charge on any atom is 0.104 e. The van der Waals surface area contributed by atoms with Crippen molar-refractivity contribution < 1.29 is 14.6 Å². The average molecular weight is 653 g/mol. The number of hydrogen-bond acceptors (Lipinski definition) is 3. The van der Waals surface area contributed by atoms with E-state index in [1.807, 2.05) is 0 Å². The lowest BCUT2D eigenvalue weighted by Crippen LogP contribution is -2.25. The summed E-state index contributed by atoms with van der Waals surface area (Å²) in [6.45, 7) is 25.9. The van der Waals surface area contributed by atoms with Gasteiger partial charge in [0.05, 0.1) is 13.2 Å². The first kappa shape index (κ1) is 45.9. The third kappa shape index (κ3) is 31.2. The molecule has 0 aliphatic carbocycles. The molecule has 0 saturated heterocycles. The third-order valence-corrected chi connectivity index (χ3v) is 10.8. The van der Waals surface area contributed by atoms with Crippen molar-refractivity contribution in [2.45, 2.75) is 204 Å². The van der Waals surface area contributed by atoms with Crippen LogP contribution in [0.5, 0.6) is 0 Å². The topological polar surface area (TPSA) is 38.7 Å². The predicted molar refractivity (Wildman–Crippen MR) is 205 cm³/mol. The van der Waals surface area contributed by atoms with Gasteiger partial charge < -0.3 is 14.6 Å². The van der Waals surface area contributed by atoms with Crippen molar-refractivity contribution in [1.82, 2.24) is 0 Å². The van der Waals surface area contributed by atoms with E-state index in [1.165, 1.54) is 116 Å². The lowest BCUT2D eigenvalue weighted by atomic mass is 9.91. The van der Waals surface area contributed by atoms with Gasteiger partial charge in [0.15, 0.2) is 0 Å². The molecule has 0 aliphatic heterocycles. The van der Waals surface area contributed by atoms with Crippen LogP contribution in [-0.2, 0) is 9.47 Å². The van der Waals surface area contributed by atoms with Crippen molar-refractivity contribution in [3.63, 3.8) is 0 Å². The molecule has 0 aliphatic rings. The minimum Gasteiger partial charge on any atom is -0.394 e. The van der Waals surface area contributed by atoms with Gasteiger partial charge in [-0.2, -0.15) is 0 Å². The molecule has 0 aromatic carbocycles. The second-order valence-corrected chi connectivity index (χ2v) is 17.3. The molecule has 278 valence electrons. The van der Waals surface area contributed by atoms with Gasteiger partial charge in [0, 0.05) is 13.2 Å². The molecule has 7 atom stereocenters. The highest BCUT2D eigenvalue weighted by atomic mass is 16.5. The first-order chi connectivity index (χ1) is 21.9. The Labute approximate surface area is 291 Å². The van der Waals surface area contributed by atoms with Crippen molar-refractivity contribution in [2.24, 2.45) is 47.3 Å². The highest BCUT2D eigenvalue weighted by Gasteiger charge is 2.13. The van der Waals surface area contributed by atoms with Gasteiger partial charge in [-0.05, 0) is 60.2 Å². The molecule has 0 fully saturated rings. The van der Waals surface area contributed by atoms with Gasteiger partial charge in [-0.15, -0.1) is 0 Å². The van der Waals surface area contributed by atoms with E-state index in [9.17, 15) is 5.11 Å². The summed E-state index contributed by atoms with van der Waals surface area (Å²) in [5, 5.41) is 9.78. The average Bonchev–Trinajstić information content (AvgIpc) is 2.98. The zero-order chi connectivity index (χ0) is 34.6. The summed E-state index contributed by atoms with van der Waals surface area (Å²) < 4.78 is 11.9. The lowest BCUT2D eigenvalue weighted by molar-refractivity contribution is -0.0471. The van der Waals surface area contributed by atoms with Gasteiger partial charge in [-0.25, -0.2) is 0 Å². The normalized spacial score (nSPS) is 16.9. The van der Waals surface area contributed by atoms with E-state index in [4.69, 9.17) is 9.47 Å². The second-order valence-electron chi connectivity index (χ2n) is 17.3. The number of aliphatic hydroxyl groups excluding tert-OH is 1. The summed E-state index contributed by atoms with van der Waals surface area (Å²) in [4.78, 5) is 0. The fraction of sp³-hybridized carbons (Fsp3) is 1.00. The van der Waals surface area contributed by atoms with Crippen LogP contribution in [0.2, 0.25) is 0 Å². The van der Waals surface area contributed by atoms with Gasteiger partial charge in [-0.1, -0.05) is 185 Å². The Morgan fingerprint density at radius 1 is 0.370 bits per heavy atom. The molecular formula is C43H88O3. The maximum atomic E-state index is 9.78. The molecule has 1 N–H and O–H groups in total. The van der Waals surface area contributed by atoms with Crippen LogP contribution in [0.4, 0.5) is 0 Å². The quantitative estimate of drug-likeness (QED) is 0.0703. The molecule has 3 nitrogen and oxygen atoms in total. The molecule has 2 unspecified atom stereocenters. The van der Waals surface area contributed by atoms with Crippen molar-refractivity contribution in [1.29, 1.82) is 0 Å². The van der Waals surface area contributed by atoms with Gasteiger partial charge in [0.25, 0.3) is 0 Å². The van der Waals surface area contributed by atoms with E-state index in [-0.39, 0.29) is 12.7 Å². The van der Waals surface area contributed by atoms with Gasteiger partial charge in [-0.3, -0.25) is 0 Å². The van der Waals surface area contributed by atoms with E-state index < -0.39 is 0 Å². The first-order valence-corrected chi connectivity index (χ1v) is 20.7. The minimum absolute atomic E-state index is 0.0480. The first-order valence-electron chi connectivity index (χ1n) is 20.7. The molecule has 0 aromatic heterocycles. The summed E-state index contributed by atoms with van der Waals surface area (Å²) in [6.07, 6.45) is 26.8. The van der Waals surface area contributed by atoms with E-state index in [2.05, 4.69) is 69.2 Å². The van der Waals surface area contributed by atoms with E-state index in [0.29, 0.717) is 18.4 Å². The van der Waals surface area contributed by atoms with Crippen LogP contribution in [0.3, 0.4) is 0 Å². The Balaban J connectivity index is 3.77. The van der Waals surface area contributed by atoms with Crippen LogP contribution in [0.15, 0.2) is 0 Å². The van der Waals surface area contributed by atoms with E-state index in [1.54, 1.807) is 0 Å². The molecule has 0 spiro atoms. The van der Waals surface area contributed by atoms with E-state index in [0.717, 1.165) is 61.6 Å². The molecule has 0 radical (unpaired) electrons. The third-order valence-electron chi connectivity index (χ3n) is 10.8. The molecule has 3 heteroatoms. The molecule has 0 heterocycles. The zero-order valence-electron chi connectivity index (χ0n) is 33.4. The summed E-state index contributed by atoms with van der Waals surface area (Å²) >= 11 is 0. The van der Waals surface area contributed by atoms with Crippen LogP contribution in [0.25, 0.3) is 0 Å². The summed E-state index contributed by atoms with van der Waals surface area (Å²) in [5.41, 5.74) is 0. The van der Waals surface area contributed by atoms with Gasteiger partial charge in [0.2, 0.25) is 0 Å². The minimum atomic E-state index is -0.186. The molecule has 0 amide bonds. The maximum absolute atomic E-state index is 9.78. The highest BCUT2D eigenvalue weighted by molar-refractivity contribution is 4.64. The fourth-order valence-corrected chi connectivity index (χ4v) is 6.96. The molecular weight excluding hydrogens is 564 g/mol. The van der Waals surface area contributed by atoms with Crippen molar-refractivity contribution in [3.05, 3.63) is 0 Å². The Morgan fingerprint density at radius 2 is 0.652 bits per heavy atom. The smallest absolute Gasteiger partial charge is 0.104 e. The number of aliphatic hydroxyl groups is 1. The summed E-state index contributed by atoms with van der Waals surface area (Å²) in [7, 11) is 0. The number of ether oxygens (including phenoxy) is 2. The largest absolute Gasteiger partial charge is 0.394 e. The Kier molecular flexibility index (Phi) is 30.8. The molecule has 0 aromatic rings. The monoisotopic (exact) mass is 653 g/mol. The standard InChI is InChI=1S/C43H88O3/c1-35(2)17-11-19-37(5)21-13-23-39(7)25-15-27-41(9)29-31-45-34-43(33-44)46-32-30-42(10)28-16-26-40(8)24-14-22-38(6)20-12-18-36(3)4/h35-44H,11-34H2,1-10H3/t37-,38-,39-,40-,41?,42?,43+/m1/s1. The number of hydrogen-bond donors (Lipinski definition) is 1. The summed E-state index contributed by atoms with van der Waals surface area (Å²) in [6, 6.07) is 0. The van der Waals surface area contributed by atoms with E-state index >= 15 is 0 Å². The highest BCUT2D eigenvalue weighted by Crippen LogP contribution is 2.24. The predicted octanol–water partition coefficient (Wildman–Crippen LogP) is 13.3. The Morgan fingerprint density at radius 3 is 0.957 bits per heavy atom. The fourth-order valence-electron chi connectivity index (χ4n) is 6.96. The van der Waals surface area contributed by atoms with Crippen molar-refractivity contribution in [2.75, 3.05) is 26.4 Å². The van der Waals surface area contributed by atoms with Crippen LogP contribution < -0.4 is 0 Å². The Hall–Kier alpha value is -0.120.